The monoisotopic (exact) mass is 169 g/mol. The zero-order valence-corrected chi connectivity index (χ0v) is 8.77. The Morgan fingerprint density at radius 2 is 2.17 bits per heavy atom. The molecule has 1 fully saturated rings. The third-order valence-corrected chi connectivity index (χ3v) is 3.42. The van der Waals surface area contributed by atoms with Crippen LogP contribution in [0.5, 0.6) is 0 Å². The highest BCUT2D eigenvalue weighted by molar-refractivity contribution is 4.83. The van der Waals surface area contributed by atoms with E-state index in [1.54, 1.807) is 0 Å². The van der Waals surface area contributed by atoms with E-state index in [0.29, 0.717) is 0 Å². The van der Waals surface area contributed by atoms with Crippen molar-refractivity contribution in [1.82, 2.24) is 5.32 Å². The Bertz CT molecular complexity index is 122. The Kier molecular flexibility index (Phi) is 4.07. The van der Waals surface area contributed by atoms with Gasteiger partial charge in [-0.05, 0) is 31.7 Å². The van der Waals surface area contributed by atoms with Crippen LogP contribution in [0.2, 0.25) is 0 Å². The maximum Gasteiger partial charge on any atom is 0.00947 e. The summed E-state index contributed by atoms with van der Waals surface area (Å²) in [4.78, 5) is 0. The van der Waals surface area contributed by atoms with Crippen LogP contribution in [0.1, 0.15) is 46.0 Å². The standard InChI is InChI=1S/C11H23N/c1-4-6-11(12-3)10-8-5-7-9(10)2/h9-12H,4-8H2,1-3H3. The van der Waals surface area contributed by atoms with Crippen molar-refractivity contribution in [2.45, 2.75) is 52.0 Å². The van der Waals surface area contributed by atoms with Gasteiger partial charge in [-0.3, -0.25) is 0 Å². The van der Waals surface area contributed by atoms with E-state index in [2.05, 4.69) is 26.2 Å². The summed E-state index contributed by atoms with van der Waals surface area (Å²) in [6.45, 7) is 4.70. The first-order valence-corrected chi connectivity index (χ1v) is 5.46. The van der Waals surface area contributed by atoms with Gasteiger partial charge in [0, 0.05) is 6.04 Å². The molecule has 3 unspecified atom stereocenters. The molecular weight excluding hydrogens is 146 g/mol. The van der Waals surface area contributed by atoms with Crippen LogP contribution >= 0.6 is 0 Å². The number of hydrogen-bond acceptors (Lipinski definition) is 1. The molecule has 1 aliphatic carbocycles. The summed E-state index contributed by atoms with van der Waals surface area (Å²) in [5.74, 6) is 1.91. The lowest BCUT2D eigenvalue weighted by Gasteiger charge is -2.26. The third-order valence-electron chi connectivity index (χ3n) is 3.42. The van der Waals surface area contributed by atoms with Crippen molar-refractivity contribution >= 4 is 0 Å². The molecule has 0 aromatic rings. The van der Waals surface area contributed by atoms with Crippen LogP contribution in [0.25, 0.3) is 0 Å². The molecule has 0 spiro atoms. The fraction of sp³-hybridized carbons (Fsp3) is 1.00. The molecule has 1 rings (SSSR count). The minimum absolute atomic E-state index is 0.785. The fourth-order valence-corrected chi connectivity index (χ4v) is 2.66. The van der Waals surface area contributed by atoms with Crippen molar-refractivity contribution in [2.75, 3.05) is 7.05 Å². The van der Waals surface area contributed by atoms with Gasteiger partial charge in [-0.25, -0.2) is 0 Å². The molecule has 1 N–H and O–H groups in total. The molecule has 0 amide bonds. The Balaban J connectivity index is 2.41. The average Bonchev–Trinajstić information content (AvgIpc) is 2.47. The van der Waals surface area contributed by atoms with Crippen LogP contribution in [0.15, 0.2) is 0 Å². The highest BCUT2D eigenvalue weighted by atomic mass is 14.9. The highest BCUT2D eigenvalue weighted by Crippen LogP contribution is 2.34. The van der Waals surface area contributed by atoms with E-state index in [1.165, 1.54) is 32.1 Å². The van der Waals surface area contributed by atoms with Gasteiger partial charge in [-0.1, -0.05) is 33.1 Å². The molecule has 1 heteroatoms. The van der Waals surface area contributed by atoms with Gasteiger partial charge in [0.25, 0.3) is 0 Å². The Morgan fingerprint density at radius 3 is 2.58 bits per heavy atom. The summed E-state index contributed by atoms with van der Waals surface area (Å²) in [6, 6.07) is 0.785. The Morgan fingerprint density at radius 1 is 1.42 bits per heavy atom. The second-order valence-corrected chi connectivity index (χ2v) is 4.26. The summed E-state index contributed by atoms with van der Waals surface area (Å²) >= 11 is 0. The lowest BCUT2D eigenvalue weighted by Crippen LogP contribution is -2.34. The summed E-state index contributed by atoms with van der Waals surface area (Å²) in [5.41, 5.74) is 0. The second kappa shape index (κ2) is 4.86. The lowest BCUT2D eigenvalue weighted by molar-refractivity contribution is 0.295. The van der Waals surface area contributed by atoms with Crippen LogP contribution in [0.4, 0.5) is 0 Å². The average molecular weight is 169 g/mol. The maximum atomic E-state index is 3.48. The SMILES string of the molecule is CCCC(NC)C1CCCC1C. The van der Waals surface area contributed by atoms with E-state index < -0.39 is 0 Å². The van der Waals surface area contributed by atoms with E-state index in [-0.39, 0.29) is 0 Å². The highest BCUT2D eigenvalue weighted by Gasteiger charge is 2.29. The molecule has 0 aromatic heterocycles. The molecular formula is C11H23N. The van der Waals surface area contributed by atoms with E-state index in [9.17, 15) is 0 Å². The second-order valence-electron chi connectivity index (χ2n) is 4.26. The van der Waals surface area contributed by atoms with Gasteiger partial charge in [0.1, 0.15) is 0 Å². The minimum Gasteiger partial charge on any atom is -0.317 e. The molecule has 1 saturated carbocycles. The minimum atomic E-state index is 0.785. The molecule has 1 aliphatic rings. The van der Waals surface area contributed by atoms with Crippen molar-refractivity contribution in [3.8, 4) is 0 Å². The van der Waals surface area contributed by atoms with Gasteiger partial charge in [0.15, 0.2) is 0 Å². The first-order chi connectivity index (χ1) is 5.79. The molecule has 1 nitrogen and oxygen atoms in total. The summed E-state index contributed by atoms with van der Waals surface area (Å²) in [6.07, 6.45) is 7.02. The molecule has 0 saturated heterocycles. The molecule has 0 bridgehead atoms. The summed E-state index contributed by atoms with van der Waals surface area (Å²) in [7, 11) is 2.12. The number of nitrogens with one attached hydrogen (secondary N) is 1. The molecule has 0 aromatic carbocycles. The van der Waals surface area contributed by atoms with Crippen molar-refractivity contribution in [2.24, 2.45) is 11.8 Å². The van der Waals surface area contributed by atoms with Gasteiger partial charge in [-0.2, -0.15) is 0 Å². The Hall–Kier alpha value is -0.0400. The Labute approximate surface area is 76.9 Å². The lowest BCUT2D eigenvalue weighted by atomic mass is 9.88. The van der Waals surface area contributed by atoms with Crippen LogP contribution < -0.4 is 5.32 Å². The van der Waals surface area contributed by atoms with Gasteiger partial charge in [-0.15, -0.1) is 0 Å². The first kappa shape index (κ1) is 10.0. The van der Waals surface area contributed by atoms with Crippen molar-refractivity contribution in [3.05, 3.63) is 0 Å². The van der Waals surface area contributed by atoms with Crippen LogP contribution in [-0.4, -0.2) is 13.1 Å². The quantitative estimate of drug-likeness (QED) is 0.682. The van der Waals surface area contributed by atoms with E-state index in [0.717, 1.165) is 17.9 Å². The molecule has 0 heterocycles. The normalized spacial score (nSPS) is 32.2. The largest absolute Gasteiger partial charge is 0.317 e. The van der Waals surface area contributed by atoms with E-state index >= 15 is 0 Å². The van der Waals surface area contributed by atoms with Crippen LogP contribution in [0.3, 0.4) is 0 Å². The summed E-state index contributed by atoms with van der Waals surface area (Å²) in [5, 5.41) is 3.48. The predicted molar refractivity (Wildman–Crippen MR) is 54.3 cm³/mol. The summed E-state index contributed by atoms with van der Waals surface area (Å²) < 4.78 is 0. The molecule has 0 radical (unpaired) electrons. The third kappa shape index (κ3) is 2.22. The van der Waals surface area contributed by atoms with Gasteiger partial charge < -0.3 is 5.32 Å². The molecule has 0 aliphatic heterocycles. The van der Waals surface area contributed by atoms with Gasteiger partial charge in [0.2, 0.25) is 0 Å². The molecule has 12 heavy (non-hydrogen) atoms. The zero-order valence-electron chi connectivity index (χ0n) is 8.77. The van der Waals surface area contributed by atoms with Crippen LogP contribution in [0, 0.1) is 11.8 Å². The van der Waals surface area contributed by atoms with Crippen molar-refractivity contribution < 1.29 is 0 Å². The van der Waals surface area contributed by atoms with Gasteiger partial charge in [0.05, 0.1) is 0 Å². The first-order valence-electron chi connectivity index (χ1n) is 5.46. The van der Waals surface area contributed by atoms with Crippen molar-refractivity contribution in [1.29, 1.82) is 0 Å². The fourth-order valence-electron chi connectivity index (χ4n) is 2.66. The molecule has 3 atom stereocenters. The van der Waals surface area contributed by atoms with Gasteiger partial charge >= 0.3 is 0 Å². The predicted octanol–water partition coefficient (Wildman–Crippen LogP) is 2.81. The smallest absolute Gasteiger partial charge is 0.00947 e. The number of rotatable bonds is 4. The van der Waals surface area contributed by atoms with Crippen molar-refractivity contribution in [3.63, 3.8) is 0 Å². The number of hydrogen-bond donors (Lipinski definition) is 1. The van der Waals surface area contributed by atoms with E-state index in [1.807, 2.05) is 0 Å². The zero-order chi connectivity index (χ0) is 8.97. The van der Waals surface area contributed by atoms with E-state index in [4.69, 9.17) is 0 Å². The molecule has 72 valence electrons. The van der Waals surface area contributed by atoms with Crippen LogP contribution in [-0.2, 0) is 0 Å². The topological polar surface area (TPSA) is 12.0 Å². The maximum absolute atomic E-state index is 3.48.